The van der Waals surface area contributed by atoms with Crippen molar-refractivity contribution in [2.45, 2.75) is 13.5 Å². The normalized spacial score (nSPS) is 10.5. The average molecular weight is 297 g/mol. The van der Waals surface area contributed by atoms with Crippen LogP contribution in [0.1, 0.15) is 21.1 Å². The molecule has 1 N–H and O–H groups in total. The Hall–Kier alpha value is -1.59. The van der Waals surface area contributed by atoms with Crippen LogP contribution in [0.25, 0.3) is 0 Å². The lowest BCUT2D eigenvalue weighted by Crippen LogP contribution is -2.16. The Labute approximate surface area is 120 Å². The maximum Gasteiger partial charge on any atom is 0.337 e. The topological polar surface area (TPSA) is 53.4 Å². The Morgan fingerprint density at radius 2 is 2.26 bits per heavy atom. The molecule has 0 radical (unpaired) electrons. The van der Waals surface area contributed by atoms with E-state index in [2.05, 4.69) is 4.98 Å². The molecule has 2 rings (SSSR count). The molecular formula is C13H13ClN2O2S. The summed E-state index contributed by atoms with van der Waals surface area (Å²) in [7, 11) is 1.92. The van der Waals surface area contributed by atoms with Crippen LogP contribution in [0.2, 0.25) is 5.02 Å². The molecular weight excluding hydrogens is 284 g/mol. The highest BCUT2D eigenvalue weighted by Gasteiger charge is 2.11. The number of hydrogen-bond acceptors (Lipinski definition) is 4. The van der Waals surface area contributed by atoms with E-state index in [1.54, 1.807) is 23.5 Å². The summed E-state index contributed by atoms with van der Waals surface area (Å²) in [6, 6.07) is 4.92. The van der Waals surface area contributed by atoms with Crippen molar-refractivity contribution in [2.75, 3.05) is 11.9 Å². The summed E-state index contributed by atoms with van der Waals surface area (Å²) in [5.41, 5.74) is 1.97. The van der Waals surface area contributed by atoms with E-state index in [0.29, 0.717) is 6.54 Å². The standard InChI is InChI=1S/C13H13ClN2O2S/c1-8-15-9(7-19-8)6-16(2)10-3-4-11(13(17)18)12(14)5-10/h3-5,7H,6H2,1-2H3,(H,17,18). The molecule has 0 saturated carbocycles. The lowest BCUT2D eigenvalue weighted by Gasteiger charge is -2.18. The molecule has 4 nitrogen and oxygen atoms in total. The van der Waals surface area contributed by atoms with Gasteiger partial charge in [-0.05, 0) is 25.1 Å². The summed E-state index contributed by atoms with van der Waals surface area (Å²) in [5, 5.41) is 12.2. The molecule has 0 spiro atoms. The highest BCUT2D eigenvalue weighted by atomic mass is 35.5. The molecule has 2 aromatic rings. The third-order valence-electron chi connectivity index (χ3n) is 2.69. The van der Waals surface area contributed by atoms with Crippen molar-refractivity contribution in [3.05, 3.63) is 44.9 Å². The van der Waals surface area contributed by atoms with Crippen LogP contribution in [0.15, 0.2) is 23.6 Å². The number of carbonyl (C=O) groups is 1. The van der Waals surface area contributed by atoms with Crippen LogP contribution in [-0.4, -0.2) is 23.1 Å². The second-order valence-electron chi connectivity index (χ2n) is 4.18. The number of aromatic carboxylic acids is 1. The first-order valence-electron chi connectivity index (χ1n) is 5.62. The molecule has 0 atom stereocenters. The smallest absolute Gasteiger partial charge is 0.337 e. The Morgan fingerprint density at radius 1 is 1.53 bits per heavy atom. The molecule has 0 bridgehead atoms. The fourth-order valence-corrected chi connectivity index (χ4v) is 2.59. The number of nitrogens with zero attached hydrogens (tertiary/aromatic N) is 2. The van der Waals surface area contributed by atoms with Crippen molar-refractivity contribution in [2.24, 2.45) is 0 Å². The van der Waals surface area contributed by atoms with Gasteiger partial charge in [0.05, 0.1) is 27.8 Å². The van der Waals surface area contributed by atoms with Crippen LogP contribution in [-0.2, 0) is 6.54 Å². The third kappa shape index (κ3) is 3.24. The van der Waals surface area contributed by atoms with E-state index in [0.717, 1.165) is 16.4 Å². The number of carboxylic acid groups (broad SMARTS) is 1. The predicted octanol–water partition coefficient (Wildman–Crippen LogP) is 3.44. The molecule has 0 aliphatic carbocycles. The molecule has 1 aromatic heterocycles. The van der Waals surface area contributed by atoms with Gasteiger partial charge in [0.1, 0.15) is 0 Å². The van der Waals surface area contributed by atoms with Gasteiger partial charge in [-0.2, -0.15) is 0 Å². The van der Waals surface area contributed by atoms with Crippen LogP contribution in [0.5, 0.6) is 0 Å². The molecule has 19 heavy (non-hydrogen) atoms. The summed E-state index contributed by atoms with van der Waals surface area (Å²) in [4.78, 5) is 17.3. The van der Waals surface area contributed by atoms with E-state index in [4.69, 9.17) is 16.7 Å². The molecule has 0 aliphatic heterocycles. The van der Waals surface area contributed by atoms with Crippen molar-refractivity contribution in [3.63, 3.8) is 0 Å². The zero-order valence-corrected chi connectivity index (χ0v) is 12.1. The highest BCUT2D eigenvalue weighted by Crippen LogP contribution is 2.24. The Balaban J connectivity index is 2.17. The summed E-state index contributed by atoms with van der Waals surface area (Å²) < 4.78 is 0. The number of thiazole rings is 1. The van der Waals surface area contributed by atoms with Gasteiger partial charge in [0, 0.05) is 18.1 Å². The number of hydrogen-bond donors (Lipinski definition) is 1. The van der Waals surface area contributed by atoms with Crippen LogP contribution >= 0.6 is 22.9 Å². The molecule has 0 saturated heterocycles. The minimum absolute atomic E-state index is 0.114. The third-order valence-corrected chi connectivity index (χ3v) is 3.82. The number of aromatic nitrogens is 1. The number of benzene rings is 1. The Kier molecular flexibility index (Phi) is 4.07. The van der Waals surface area contributed by atoms with Gasteiger partial charge in [0.2, 0.25) is 0 Å². The average Bonchev–Trinajstić information content (AvgIpc) is 2.74. The van der Waals surface area contributed by atoms with Gasteiger partial charge in [-0.25, -0.2) is 9.78 Å². The van der Waals surface area contributed by atoms with Crippen molar-refractivity contribution >= 4 is 34.6 Å². The molecule has 0 fully saturated rings. The van der Waals surface area contributed by atoms with E-state index in [9.17, 15) is 4.79 Å². The van der Waals surface area contributed by atoms with Crippen LogP contribution < -0.4 is 4.90 Å². The van der Waals surface area contributed by atoms with Crippen LogP contribution in [0, 0.1) is 6.92 Å². The molecule has 0 aliphatic rings. The predicted molar refractivity (Wildman–Crippen MR) is 77.4 cm³/mol. The zero-order valence-electron chi connectivity index (χ0n) is 10.6. The van der Waals surface area contributed by atoms with E-state index >= 15 is 0 Å². The fraction of sp³-hybridized carbons (Fsp3) is 0.231. The van der Waals surface area contributed by atoms with Crippen LogP contribution in [0.3, 0.4) is 0 Å². The van der Waals surface area contributed by atoms with Gasteiger partial charge in [0.15, 0.2) is 0 Å². The molecule has 1 aromatic carbocycles. The molecule has 0 unspecified atom stereocenters. The van der Waals surface area contributed by atoms with Gasteiger partial charge in [0.25, 0.3) is 0 Å². The minimum Gasteiger partial charge on any atom is -0.478 e. The van der Waals surface area contributed by atoms with E-state index in [1.165, 1.54) is 6.07 Å². The lowest BCUT2D eigenvalue weighted by atomic mass is 10.2. The number of rotatable bonds is 4. The summed E-state index contributed by atoms with van der Waals surface area (Å²) in [6.07, 6.45) is 0. The quantitative estimate of drug-likeness (QED) is 0.939. The van der Waals surface area contributed by atoms with Gasteiger partial charge in [-0.15, -0.1) is 11.3 Å². The van der Waals surface area contributed by atoms with Crippen LogP contribution in [0.4, 0.5) is 5.69 Å². The van der Waals surface area contributed by atoms with Crippen molar-refractivity contribution in [1.82, 2.24) is 4.98 Å². The number of aryl methyl sites for hydroxylation is 1. The maximum absolute atomic E-state index is 10.9. The first-order chi connectivity index (χ1) is 8.97. The van der Waals surface area contributed by atoms with Crippen molar-refractivity contribution < 1.29 is 9.90 Å². The summed E-state index contributed by atoms with van der Waals surface area (Å²) in [5.74, 6) is -1.02. The Morgan fingerprint density at radius 3 is 2.79 bits per heavy atom. The van der Waals surface area contributed by atoms with Gasteiger partial charge >= 0.3 is 5.97 Å². The molecule has 6 heteroatoms. The van der Waals surface area contributed by atoms with E-state index in [-0.39, 0.29) is 10.6 Å². The second kappa shape index (κ2) is 5.59. The minimum atomic E-state index is -1.02. The van der Waals surface area contributed by atoms with Crippen molar-refractivity contribution in [1.29, 1.82) is 0 Å². The highest BCUT2D eigenvalue weighted by molar-refractivity contribution is 7.09. The molecule has 1 heterocycles. The lowest BCUT2D eigenvalue weighted by molar-refractivity contribution is 0.0697. The fourth-order valence-electron chi connectivity index (χ4n) is 1.73. The maximum atomic E-state index is 10.9. The summed E-state index contributed by atoms with van der Waals surface area (Å²) in [6.45, 7) is 2.62. The first-order valence-corrected chi connectivity index (χ1v) is 6.88. The largest absolute Gasteiger partial charge is 0.478 e. The Bertz CT molecular complexity index is 612. The molecule has 0 amide bonds. The van der Waals surface area contributed by atoms with E-state index in [1.807, 2.05) is 24.3 Å². The van der Waals surface area contributed by atoms with Gasteiger partial charge in [-0.1, -0.05) is 11.6 Å². The van der Waals surface area contributed by atoms with Gasteiger partial charge in [-0.3, -0.25) is 0 Å². The number of anilines is 1. The molecule has 100 valence electrons. The number of halogens is 1. The first kappa shape index (κ1) is 13.8. The monoisotopic (exact) mass is 296 g/mol. The van der Waals surface area contributed by atoms with Crippen molar-refractivity contribution in [3.8, 4) is 0 Å². The second-order valence-corrected chi connectivity index (χ2v) is 5.65. The zero-order chi connectivity index (χ0) is 14.0. The number of carboxylic acids is 1. The van der Waals surface area contributed by atoms with Gasteiger partial charge < -0.3 is 10.0 Å². The van der Waals surface area contributed by atoms with E-state index < -0.39 is 5.97 Å². The summed E-state index contributed by atoms with van der Waals surface area (Å²) >= 11 is 7.56. The SMILES string of the molecule is Cc1nc(CN(C)c2ccc(C(=O)O)c(Cl)c2)cs1.